The fourth-order valence-corrected chi connectivity index (χ4v) is 5.58. The molecule has 0 amide bonds. The molecule has 0 saturated carbocycles. The van der Waals surface area contributed by atoms with Gasteiger partial charge in [0.25, 0.3) is 10.0 Å². The molecule has 0 fully saturated rings. The van der Waals surface area contributed by atoms with Crippen LogP contribution in [0.3, 0.4) is 0 Å². The van der Waals surface area contributed by atoms with Gasteiger partial charge in [-0.1, -0.05) is 29.8 Å². The van der Waals surface area contributed by atoms with E-state index in [9.17, 15) is 8.42 Å². The molecule has 0 radical (unpaired) electrons. The molecule has 7 nitrogen and oxygen atoms in total. The van der Waals surface area contributed by atoms with Crippen LogP contribution in [0.25, 0.3) is 10.9 Å². The number of ether oxygens (including phenoxy) is 1. The highest BCUT2D eigenvalue weighted by atomic mass is 35.5. The minimum atomic E-state index is -3.95. The number of aromatic nitrogens is 1. The molecule has 0 bridgehead atoms. The van der Waals surface area contributed by atoms with E-state index in [2.05, 4.69) is 10.1 Å². The number of halogens is 1. The predicted molar refractivity (Wildman–Crippen MR) is 126 cm³/mol. The van der Waals surface area contributed by atoms with Crippen LogP contribution in [0.4, 0.5) is 0 Å². The van der Waals surface area contributed by atoms with Crippen LogP contribution in [0, 0.1) is 0 Å². The molecule has 168 valence electrons. The van der Waals surface area contributed by atoms with E-state index in [1.165, 1.54) is 6.26 Å². The van der Waals surface area contributed by atoms with Crippen LogP contribution in [0.2, 0.25) is 5.15 Å². The molecular formula is C24H20ClN3O4S. The Hall–Kier alpha value is -3.36. The summed E-state index contributed by atoms with van der Waals surface area (Å²) < 4.78 is 39.2. The molecule has 3 heterocycles. The number of fused-ring (bicyclic) bond motifs is 1. The first kappa shape index (κ1) is 21.5. The van der Waals surface area contributed by atoms with E-state index in [4.69, 9.17) is 20.8 Å². The maximum atomic E-state index is 13.5. The van der Waals surface area contributed by atoms with Crippen molar-refractivity contribution in [3.8, 4) is 5.75 Å². The van der Waals surface area contributed by atoms with Gasteiger partial charge < -0.3 is 9.15 Å². The van der Waals surface area contributed by atoms with Gasteiger partial charge in [-0.25, -0.2) is 4.98 Å². The van der Waals surface area contributed by atoms with Crippen LogP contribution in [-0.2, 0) is 10.0 Å². The summed E-state index contributed by atoms with van der Waals surface area (Å²) in [6.07, 6.45) is 1.82. The third kappa shape index (κ3) is 3.96. The zero-order valence-corrected chi connectivity index (χ0v) is 19.3. The van der Waals surface area contributed by atoms with E-state index in [0.717, 1.165) is 9.80 Å². The van der Waals surface area contributed by atoms with Crippen molar-refractivity contribution in [2.24, 2.45) is 5.10 Å². The molecule has 5 rings (SSSR count). The van der Waals surface area contributed by atoms with Gasteiger partial charge in [0.2, 0.25) is 0 Å². The van der Waals surface area contributed by atoms with E-state index >= 15 is 0 Å². The van der Waals surface area contributed by atoms with E-state index in [-0.39, 0.29) is 10.0 Å². The highest BCUT2D eigenvalue weighted by Gasteiger charge is 2.39. The molecule has 1 atom stereocenters. The summed E-state index contributed by atoms with van der Waals surface area (Å²) in [5, 5.41) is 5.49. The molecule has 0 aliphatic carbocycles. The van der Waals surface area contributed by atoms with Crippen molar-refractivity contribution in [1.82, 2.24) is 9.40 Å². The molecule has 2 aromatic heterocycles. The summed E-state index contributed by atoms with van der Waals surface area (Å²) in [5.41, 5.74) is 1.75. The molecule has 0 N–H and O–H groups in total. The second kappa shape index (κ2) is 8.53. The van der Waals surface area contributed by atoms with Gasteiger partial charge in [0, 0.05) is 23.4 Å². The zero-order chi connectivity index (χ0) is 23.0. The minimum Gasteiger partial charge on any atom is -0.494 e. The topological polar surface area (TPSA) is 85.0 Å². The standard InChI is InChI=1S/C24H20ClN3O4S/c1-2-31-17-11-10-16-13-19(24(25)26-20(16)14-17)22-15-21(23-9-6-12-32-23)27-28(22)33(29,30)18-7-4-3-5-8-18/h3-14,22H,2,15H2,1H3/t22-/m0/s1. The van der Waals surface area contributed by atoms with Crippen molar-refractivity contribution >= 4 is 38.2 Å². The van der Waals surface area contributed by atoms with Crippen LogP contribution in [0.1, 0.15) is 30.7 Å². The van der Waals surface area contributed by atoms with Gasteiger partial charge in [0.15, 0.2) is 0 Å². The lowest BCUT2D eigenvalue weighted by molar-refractivity contribution is 0.340. The van der Waals surface area contributed by atoms with E-state index < -0.39 is 16.1 Å². The van der Waals surface area contributed by atoms with Crippen molar-refractivity contribution in [2.75, 3.05) is 6.61 Å². The molecule has 1 aliphatic heterocycles. The Bertz CT molecular complexity index is 1440. The maximum Gasteiger partial charge on any atom is 0.279 e. The van der Waals surface area contributed by atoms with Gasteiger partial charge in [0.05, 0.1) is 29.3 Å². The largest absolute Gasteiger partial charge is 0.494 e. The number of hydrazone groups is 1. The third-order valence-corrected chi connectivity index (χ3v) is 7.40. The van der Waals surface area contributed by atoms with Crippen molar-refractivity contribution in [3.63, 3.8) is 0 Å². The first-order chi connectivity index (χ1) is 16.0. The fourth-order valence-electron chi connectivity index (χ4n) is 3.86. The van der Waals surface area contributed by atoms with Gasteiger partial charge in [-0.05, 0) is 49.4 Å². The van der Waals surface area contributed by atoms with Gasteiger partial charge in [0.1, 0.15) is 22.4 Å². The summed E-state index contributed by atoms with van der Waals surface area (Å²) in [6, 6.07) is 18.4. The Balaban J connectivity index is 1.62. The van der Waals surface area contributed by atoms with Gasteiger partial charge in [-0.15, -0.1) is 0 Å². The van der Waals surface area contributed by atoms with Crippen LogP contribution < -0.4 is 4.74 Å². The Labute approximate surface area is 196 Å². The second-order valence-corrected chi connectivity index (χ2v) is 9.64. The Morgan fingerprint density at radius 1 is 1.12 bits per heavy atom. The lowest BCUT2D eigenvalue weighted by Crippen LogP contribution is -2.27. The Kier molecular flexibility index (Phi) is 5.55. The lowest BCUT2D eigenvalue weighted by Gasteiger charge is -2.24. The average molecular weight is 482 g/mol. The summed E-state index contributed by atoms with van der Waals surface area (Å²) in [6.45, 7) is 2.45. The highest BCUT2D eigenvalue weighted by Crippen LogP contribution is 2.40. The monoisotopic (exact) mass is 481 g/mol. The van der Waals surface area contributed by atoms with Crippen molar-refractivity contribution in [3.05, 3.63) is 89.5 Å². The predicted octanol–water partition coefficient (Wildman–Crippen LogP) is 5.42. The molecule has 9 heteroatoms. The van der Waals surface area contributed by atoms with Gasteiger partial charge in [-0.2, -0.15) is 17.9 Å². The van der Waals surface area contributed by atoms with Gasteiger partial charge >= 0.3 is 0 Å². The number of furan rings is 1. The number of hydrogen-bond acceptors (Lipinski definition) is 6. The number of nitrogens with zero attached hydrogens (tertiary/aromatic N) is 3. The van der Waals surface area contributed by atoms with E-state index in [1.54, 1.807) is 42.5 Å². The molecule has 33 heavy (non-hydrogen) atoms. The molecule has 1 aliphatic rings. The van der Waals surface area contributed by atoms with E-state index in [0.29, 0.717) is 41.3 Å². The molecule has 0 saturated heterocycles. The second-order valence-electron chi connectivity index (χ2n) is 7.49. The van der Waals surface area contributed by atoms with Gasteiger partial charge in [-0.3, -0.25) is 0 Å². The Morgan fingerprint density at radius 2 is 1.94 bits per heavy atom. The zero-order valence-electron chi connectivity index (χ0n) is 17.7. The first-order valence-electron chi connectivity index (χ1n) is 10.4. The maximum absolute atomic E-state index is 13.5. The number of hydrogen-bond donors (Lipinski definition) is 0. The fraction of sp³-hybridized carbons (Fsp3) is 0.167. The Morgan fingerprint density at radius 3 is 2.67 bits per heavy atom. The normalized spacial score (nSPS) is 16.2. The summed E-state index contributed by atoms with van der Waals surface area (Å²) in [4.78, 5) is 4.67. The lowest BCUT2D eigenvalue weighted by atomic mass is 10.0. The van der Waals surface area contributed by atoms with Crippen LogP contribution in [0.15, 0.2) is 87.4 Å². The summed E-state index contributed by atoms with van der Waals surface area (Å²) in [7, 11) is -3.95. The molecule has 4 aromatic rings. The first-order valence-corrected chi connectivity index (χ1v) is 12.2. The number of sulfonamides is 1. The number of pyridine rings is 1. The minimum absolute atomic E-state index is 0.144. The van der Waals surface area contributed by atoms with E-state index in [1.807, 2.05) is 31.2 Å². The van der Waals surface area contributed by atoms with Crippen molar-refractivity contribution in [2.45, 2.75) is 24.3 Å². The summed E-state index contributed by atoms with van der Waals surface area (Å²) >= 11 is 6.60. The molecule has 0 unspecified atom stereocenters. The van der Waals surface area contributed by atoms with Crippen molar-refractivity contribution < 1.29 is 17.6 Å². The molecule has 2 aromatic carbocycles. The van der Waals surface area contributed by atoms with Crippen LogP contribution in [-0.4, -0.2) is 30.1 Å². The number of rotatable bonds is 6. The quantitative estimate of drug-likeness (QED) is 0.343. The van der Waals surface area contributed by atoms with Crippen LogP contribution >= 0.6 is 11.6 Å². The molecule has 0 spiro atoms. The molecular weight excluding hydrogens is 462 g/mol. The van der Waals surface area contributed by atoms with Crippen LogP contribution in [0.5, 0.6) is 5.75 Å². The highest BCUT2D eigenvalue weighted by molar-refractivity contribution is 7.89. The number of benzene rings is 2. The smallest absolute Gasteiger partial charge is 0.279 e. The van der Waals surface area contributed by atoms with Crippen molar-refractivity contribution in [1.29, 1.82) is 0 Å². The average Bonchev–Trinajstić information content (AvgIpc) is 3.50. The SMILES string of the molecule is CCOc1ccc2cc([C@@H]3CC(c4ccco4)=NN3S(=O)(=O)c3ccccc3)c(Cl)nc2c1. The summed E-state index contributed by atoms with van der Waals surface area (Å²) in [5.74, 6) is 1.20. The third-order valence-electron chi connectivity index (χ3n) is 5.41.